The van der Waals surface area contributed by atoms with Crippen LogP contribution in [0.2, 0.25) is 0 Å². The fraction of sp³-hybridized carbons (Fsp3) is 0.571. The lowest BCUT2D eigenvalue weighted by Gasteiger charge is -2.25. The summed E-state index contributed by atoms with van der Waals surface area (Å²) in [6.45, 7) is 9.82. The molecule has 1 rings (SSSR count). The third-order valence-electron chi connectivity index (χ3n) is 3.36. The largest absolute Gasteiger partial charge is 0.396 e. The van der Waals surface area contributed by atoms with Gasteiger partial charge in [-0.3, -0.25) is 0 Å². The van der Waals surface area contributed by atoms with E-state index >= 15 is 0 Å². The average molecular weight is 221 g/mol. The minimum absolute atomic E-state index is 0.257. The van der Waals surface area contributed by atoms with Crippen molar-refractivity contribution in [2.45, 2.75) is 34.1 Å². The van der Waals surface area contributed by atoms with E-state index in [0.29, 0.717) is 0 Å². The lowest BCUT2D eigenvalue weighted by atomic mass is 9.98. The van der Waals surface area contributed by atoms with Gasteiger partial charge in [-0.05, 0) is 56.4 Å². The number of anilines is 1. The molecule has 0 heterocycles. The van der Waals surface area contributed by atoms with Gasteiger partial charge in [0.15, 0.2) is 0 Å². The summed E-state index contributed by atoms with van der Waals surface area (Å²) in [5, 5.41) is 8.88. The predicted octanol–water partition coefficient (Wildman–Crippen LogP) is 2.74. The fourth-order valence-corrected chi connectivity index (χ4v) is 2.19. The summed E-state index contributed by atoms with van der Waals surface area (Å²) in [5.41, 5.74) is 6.71. The maximum absolute atomic E-state index is 8.88. The minimum atomic E-state index is 0.257. The Morgan fingerprint density at radius 1 is 1.06 bits per heavy atom. The zero-order valence-electron chi connectivity index (χ0n) is 11.1. The van der Waals surface area contributed by atoms with Crippen LogP contribution in [0.5, 0.6) is 0 Å². The molecule has 0 aliphatic carbocycles. The molecule has 2 heteroatoms. The quantitative estimate of drug-likeness (QED) is 0.845. The molecule has 1 N–H and O–H groups in total. The van der Waals surface area contributed by atoms with Crippen LogP contribution in [0.1, 0.15) is 28.7 Å². The SMILES string of the molecule is Cc1cc(C)c(C)c(N(C)CCCO)c1C. The summed E-state index contributed by atoms with van der Waals surface area (Å²) in [6, 6.07) is 2.24. The van der Waals surface area contributed by atoms with E-state index < -0.39 is 0 Å². The lowest BCUT2D eigenvalue weighted by Crippen LogP contribution is -2.22. The predicted molar refractivity (Wildman–Crippen MR) is 70.4 cm³/mol. The van der Waals surface area contributed by atoms with Gasteiger partial charge in [0.1, 0.15) is 0 Å². The van der Waals surface area contributed by atoms with Gasteiger partial charge < -0.3 is 10.0 Å². The van der Waals surface area contributed by atoms with Crippen molar-refractivity contribution < 1.29 is 5.11 Å². The molecule has 2 nitrogen and oxygen atoms in total. The smallest absolute Gasteiger partial charge is 0.0447 e. The van der Waals surface area contributed by atoms with E-state index in [1.165, 1.54) is 27.9 Å². The van der Waals surface area contributed by atoms with E-state index in [-0.39, 0.29) is 6.61 Å². The normalized spacial score (nSPS) is 10.6. The summed E-state index contributed by atoms with van der Waals surface area (Å²) in [7, 11) is 2.10. The summed E-state index contributed by atoms with van der Waals surface area (Å²) < 4.78 is 0. The van der Waals surface area contributed by atoms with Gasteiger partial charge in [-0.1, -0.05) is 6.07 Å². The molecule has 0 saturated heterocycles. The first-order valence-corrected chi connectivity index (χ1v) is 5.88. The van der Waals surface area contributed by atoms with Crippen LogP contribution in [0.15, 0.2) is 6.07 Å². The number of hydrogen-bond donors (Lipinski definition) is 1. The second-order valence-corrected chi connectivity index (χ2v) is 4.61. The molecule has 0 amide bonds. The molecule has 0 radical (unpaired) electrons. The second-order valence-electron chi connectivity index (χ2n) is 4.61. The molecule has 0 atom stereocenters. The number of benzene rings is 1. The zero-order chi connectivity index (χ0) is 12.3. The van der Waals surface area contributed by atoms with Crippen LogP contribution in [0.4, 0.5) is 5.69 Å². The third-order valence-corrected chi connectivity index (χ3v) is 3.36. The highest BCUT2D eigenvalue weighted by atomic mass is 16.3. The van der Waals surface area contributed by atoms with Crippen LogP contribution >= 0.6 is 0 Å². The second kappa shape index (κ2) is 5.35. The molecule has 0 aliphatic heterocycles. The number of nitrogens with zero attached hydrogens (tertiary/aromatic N) is 1. The van der Waals surface area contributed by atoms with Crippen molar-refractivity contribution in [2.24, 2.45) is 0 Å². The van der Waals surface area contributed by atoms with Gasteiger partial charge >= 0.3 is 0 Å². The van der Waals surface area contributed by atoms with Gasteiger partial charge in [0.05, 0.1) is 0 Å². The first-order chi connectivity index (χ1) is 7.49. The van der Waals surface area contributed by atoms with Crippen molar-refractivity contribution in [1.82, 2.24) is 0 Å². The van der Waals surface area contributed by atoms with Crippen LogP contribution < -0.4 is 4.90 Å². The number of aliphatic hydroxyl groups is 1. The van der Waals surface area contributed by atoms with Crippen LogP contribution in [0.3, 0.4) is 0 Å². The Morgan fingerprint density at radius 3 is 2.00 bits per heavy atom. The summed E-state index contributed by atoms with van der Waals surface area (Å²) in [5.74, 6) is 0. The maximum Gasteiger partial charge on any atom is 0.0447 e. The molecule has 0 fully saturated rings. The Balaban J connectivity index is 3.11. The van der Waals surface area contributed by atoms with E-state index in [1.54, 1.807) is 0 Å². The number of rotatable bonds is 4. The Hall–Kier alpha value is -1.02. The van der Waals surface area contributed by atoms with Crippen molar-refractivity contribution in [3.63, 3.8) is 0 Å². The van der Waals surface area contributed by atoms with E-state index in [4.69, 9.17) is 5.11 Å². The van der Waals surface area contributed by atoms with Crippen LogP contribution in [-0.2, 0) is 0 Å². The number of aliphatic hydroxyl groups excluding tert-OH is 1. The first-order valence-electron chi connectivity index (χ1n) is 5.88. The van der Waals surface area contributed by atoms with Crippen LogP contribution in [-0.4, -0.2) is 25.3 Å². The molecular formula is C14H23NO. The average Bonchev–Trinajstić information content (AvgIpc) is 2.24. The van der Waals surface area contributed by atoms with E-state index in [1.807, 2.05) is 0 Å². The number of hydrogen-bond acceptors (Lipinski definition) is 2. The topological polar surface area (TPSA) is 23.5 Å². The first kappa shape index (κ1) is 13.0. The van der Waals surface area contributed by atoms with Gasteiger partial charge in [-0.2, -0.15) is 0 Å². The highest BCUT2D eigenvalue weighted by Crippen LogP contribution is 2.29. The number of aryl methyl sites for hydroxylation is 2. The molecule has 0 unspecified atom stereocenters. The molecule has 0 aromatic heterocycles. The minimum Gasteiger partial charge on any atom is -0.396 e. The molecule has 1 aromatic rings. The lowest BCUT2D eigenvalue weighted by molar-refractivity contribution is 0.290. The Morgan fingerprint density at radius 2 is 1.56 bits per heavy atom. The van der Waals surface area contributed by atoms with Gasteiger partial charge in [-0.25, -0.2) is 0 Å². The van der Waals surface area contributed by atoms with Gasteiger partial charge in [0.25, 0.3) is 0 Å². The van der Waals surface area contributed by atoms with Crippen molar-refractivity contribution >= 4 is 5.69 Å². The summed E-state index contributed by atoms with van der Waals surface area (Å²) >= 11 is 0. The van der Waals surface area contributed by atoms with Gasteiger partial charge in [-0.15, -0.1) is 0 Å². The monoisotopic (exact) mass is 221 g/mol. The summed E-state index contributed by atoms with van der Waals surface area (Å²) in [6.07, 6.45) is 0.822. The van der Waals surface area contributed by atoms with Crippen molar-refractivity contribution in [2.75, 3.05) is 25.1 Å². The van der Waals surface area contributed by atoms with E-state index in [9.17, 15) is 0 Å². The molecule has 0 bridgehead atoms. The standard InChI is InChI=1S/C14H23NO/c1-10-9-11(2)13(4)14(12(10)3)15(5)7-6-8-16/h9,16H,6-8H2,1-5H3. The molecule has 0 saturated carbocycles. The fourth-order valence-electron chi connectivity index (χ4n) is 2.19. The Labute approximate surface area is 98.9 Å². The maximum atomic E-state index is 8.88. The van der Waals surface area contributed by atoms with E-state index in [0.717, 1.165) is 13.0 Å². The molecule has 0 spiro atoms. The Kier molecular flexibility index (Phi) is 4.36. The summed E-state index contributed by atoms with van der Waals surface area (Å²) in [4.78, 5) is 2.25. The highest BCUT2D eigenvalue weighted by Gasteiger charge is 2.11. The molecular weight excluding hydrogens is 198 g/mol. The Bertz CT molecular complexity index is 345. The molecule has 90 valence electrons. The molecule has 1 aromatic carbocycles. The molecule has 16 heavy (non-hydrogen) atoms. The van der Waals surface area contributed by atoms with Crippen molar-refractivity contribution in [3.05, 3.63) is 28.3 Å². The third kappa shape index (κ3) is 2.56. The van der Waals surface area contributed by atoms with Crippen molar-refractivity contribution in [1.29, 1.82) is 0 Å². The van der Waals surface area contributed by atoms with Gasteiger partial charge in [0.2, 0.25) is 0 Å². The van der Waals surface area contributed by atoms with Crippen LogP contribution in [0.25, 0.3) is 0 Å². The molecule has 0 aliphatic rings. The van der Waals surface area contributed by atoms with Crippen LogP contribution in [0, 0.1) is 27.7 Å². The van der Waals surface area contributed by atoms with Gasteiger partial charge in [0, 0.05) is 25.9 Å². The van der Waals surface area contributed by atoms with Crippen molar-refractivity contribution in [3.8, 4) is 0 Å². The van der Waals surface area contributed by atoms with E-state index in [2.05, 4.69) is 45.7 Å². The zero-order valence-corrected chi connectivity index (χ0v) is 11.1. The highest BCUT2D eigenvalue weighted by molar-refractivity contribution is 5.63.